The van der Waals surface area contributed by atoms with E-state index in [0.717, 1.165) is 37.1 Å². The SMILES string of the molecule is Cc1oc(C(=O)Nc2cccc(C(F)(F)F)c2)cc1S(=O)(=O)N1CCCC1. The fourth-order valence-electron chi connectivity index (χ4n) is 2.87. The number of carbonyl (C=O) groups excluding carboxylic acids is 1. The quantitative estimate of drug-likeness (QED) is 0.847. The van der Waals surface area contributed by atoms with Crippen LogP contribution in [-0.4, -0.2) is 31.7 Å². The highest BCUT2D eigenvalue weighted by atomic mass is 32.2. The number of anilines is 1. The highest BCUT2D eigenvalue weighted by Crippen LogP contribution is 2.31. The van der Waals surface area contributed by atoms with Crippen molar-refractivity contribution < 1.29 is 30.8 Å². The van der Waals surface area contributed by atoms with E-state index >= 15 is 0 Å². The molecule has 2 heterocycles. The number of rotatable bonds is 4. The Bertz CT molecular complexity index is 961. The molecule has 1 aliphatic heterocycles. The van der Waals surface area contributed by atoms with E-state index in [4.69, 9.17) is 4.42 Å². The molecular formula is C17H17F3N2O4S. The minimum Gasteiger partial charge on any atom is -0.455 e. The second-order valence-corrected chi connectivity index (χ2v) is 8.08. The lowest BCUT2D eigenvalue weighted by molar-refractivity contribution is -0.137. The topological polar surface area (TPSA) is 79.6 Å². The number of aryl methyl sites for hydroxylation is 1. The minimum absolute atomic E-state index is 0.0519. The van der Waals surface area contributed by atoms with Gasteiger partial charge in [-0.15, -0.1) is 0 Å². The summed E-state index contributed by atoms with van der Waals surface area (Å²) in [6.45, 7) is 2.22. The molecular weight excluding hydrogens is 385 g/mol. The van der Waals surface area contributed by atoms with Crippen LogP contribution in [0.15, 0.2) is 39.6 Å². The first-order valence-corrected chi connectivity index (χ1v) is 9.62. The lowest BCUT2D eigenvalue weighted by atomic mass is 10.2. The largest absolute Gasteiger partial charge is 0.455 e. The summed E-state index contributed by atoms with van der Waals surface area (Å²) in [6.07, 6.45) is -3.02. The zero-order chi connectivity index (χ0) is 19.8. The van der Waals surface area contributed by atoms with Crippen LogP contribution in [0.25, 0.3) is 0 Å². The van der Waals surface area contributed by atoms with Gasteiger partial charge >= 0.3 is 6.18 Å². The Labute approximate surface area is 154 Å². The maximum Gasteiger partial charge on any atom is 0.416 e. The molecule has 0 unspecified atom stereocenters. The Morgan fingerprint density at radius 3 is 2.48 bits per heavy atom. The Morgan fingerprint density at radius 2 is 1.85 bits per heavy atom. The first kappa shape index (κ1) is 19.4. The fourth-order valence-corrected chi connectivity index (χ4v) is 4.54. The molecule has 1 amide bonds. The summed E-state index contributed by atoms with van der Waals surface area (Å²) in [5, 5.41) is 2.29. The summed E-state index contributed by atoms with van der Waals surface area (Å²) in [4.78, 5) is 12.2. The van der Waals surface area contributed by atoms with Crippen LogP contribution in [0.3, 0.4) is 0 Å². The molecule has 1 N–H and O–H groups in total. The van der Waals surface area contributed by atoms with Crippen molar-refractivity contribution in [2.24, 2.45) is 0 Å². The molecule has 146 valence electrons. The summed E-state index contributed by atoms with van der Waals surface area (Å²) in [7, 11) is -3.77. The van der Waals surface area contributed by atoms with Gasteiger partial charge in [0.15, 0.2) is 5.76 Å². The van der Waals surface area contributed by atoms with Gasteiger partial charge in [-0.05, 0) is 38.0 Å². The summed E-state index contributed by atoms with van der Waals surface area (Å²) in [5.74, 6) is -1.07. The van der Waals surface area contributed by atoms with Gasteiger partial charge < -0.3 is 9.73 Å². The second-order valence-electron chi connectivity index (χ2n) is 6.17. The van der Waals surface area contributed by atoms with E-state index in [1.807, 2.05) is 0 Å². The molecule has 1 aromatic carbocycles. The van der Waals surface area contributed by atoms with Crippen molar-refractivity contribution in [1.82, 2.24) is 4.31 Å². The Hall–Kier alpha value is -2.33. The first-order chi connectivity index (χ1) is 12.6. The molecule has 10 heteroatoms. The number of benzene rings is 1. The molecule has 1 saturated heterocycles. The summed E-state index contributed by atoms with van der Waals surface area (Å²) < 4.78 is 70.1. The van der Waals surface area contributed by atoms with Gasteiger partial charge in [0.05, 0.1) is 5.56 Å². The van der Waals surface area contributed by atoms with E-state index < -0.39 is 27.7 Å². The molecule has 1 aliphatic rings. The van der Waals surface area contributed by atoms with Crippen LogP contribution in [0.1, 0.15) is 34.7 Å². The highest BCUT2D eigenvalue weighted by Gasteiger charge is 2.32. The van der Waals surface area contributed by atoms with Gasteiger partial charge in [-0.1, -0.05) is 6.07 Å². The first-order valence-electron chi connectivity index (χ1n) is 8.18. The number of furan rings is 1. The van der Waals surface area contributed by atoms with Gasteiger partial charge in [0.25, 0.3) is 5.91 Å². The number of hydrogen-bond donors (Lipinski definition) is 1. The van der Waals surface area contributed by atoms with Crippen molar-refractivity contribution >= 4 is 21.6 Å². The van der Waals surface area contributed by atoms with Crippen molar-refractivity contribution in [3.63, 3.8) is 0 Å². The van der Waals surface area contributed by atoms with Crippen molar-refractivity contribution in [1.29, 1.82) is 0 Å². The van der Waals surface area contributed by atoms with E-state index in [-0.39, 0.29) is 22.1 Å². The zero-order valence-corrected chi connectivity index (χ0v) is 15.2. The van der Waals surface area contributed by atoms with Crippen LogP contribution >= 0.6 is 0 Å². The number of halogens is 3. The molecule has 0 atom stereocenters. The number of nitrogens with one attached hydrogen (secondary N) is 1. The molecule has 1 aromatic heterocycles. The summed E-state index contributed by atoms with van der Waals surface area (Å²) >= 11 is 0. The van der Waals surface area contributed by atoms with E-state index in [1.165, 1.54) is 17.3 Å². The predicted molar refractivity (Wildman–Crippen MR) is 90.8 cm³/mol. The van der Waals surface area contributed by atoms with Crippen molar-refractivity contribution in [3.8, 4) is 0 Å². The molecule has 0 bridgehead atoms. The van der Waals surface area contributed by atoms with E-state index in [1.54, 1.807) is 0 Å². The second kappa shape index (κ2) is 7.01. The molecule has 1 fully saturated rings. The molecule has 27 heavy (non-hydrogen) atoms. The number of hydrogen-bond acceptors (Lipinski definition) is 4. The molecule has 0 radical (unpaired) electrons. The third-order valence-corrected chi connectivity index (χ3v) is 6.23. The van der Waals surface area contributed by atoms with Gasteiger partial charge in [-0.2, -0.15) is 17.5 Å². The molecule has 6 nitrogen and oxygen atoms in total. The van der Waals surface area contributed by atoms with Crippen molar-refractivity contribution in [2.45, 2.75) is 30.8 Å². The molecule has 0 aliphatic carbocycles. The Kier molecular flexibility index (Phi) is 5.04. The maximum atomic E-state index is 12.8. The average molecular weight is 402 g/mol. The molecule has 0 spiro atoms. The van der Waals surface area contributed by atoms with Crippen molar-refractivity contribution in [2.75, 3.05) is 18.4 Å². The Balaban J connectivity index is 1.83. The number of amides is 1. The van der Waals surface area contributed by atoms with Crippen LogP contribution in [0.2, 0.25) is 0 Å². The molecule has 2 aromatic rings. The van der Waals surface area contributed by atoms with E-state index in [2.05, 4.69) is 5.32 Å². The van der Waals surface area contributed by atoms with Gasteiger partial charge in [-0.25, -0.2) is 8.42 Å². The third-order valence-electron chi connectivity index (χ3n) is 4.23. The van der Waals surface area contributed by atoms with Crippen LogP contribution in [0.4, 0.5) is 18.9 Å². The normalized spacial score (nSPS) is 15.9. The highest BCUT2D eigenvalue weighted by molar-refractivity contribution is 7.89. The van der Waals surface area contributed by atoms with Crippen molar-refractivity contribution in [3.05, 3.63) is 47.4 Å². The van der Waals surface area contributed by atoms with Gasteiger partial charge in [0, 0.05) is 24.8 Å². The summed E-state index contributed by atoms with van der Waals surface area (Å²) in [6, 6.07) is 5.23. The smallest absolute Gasteiger partial charge is 0.416 e. The van der Waals surface area contributed by atoms with Crippen LogP contribution in [-0.2, 0) is 16.2 Å². The maximum absolute atomic E-state index is 12.8. The van der Waals surface area contributed by atoms with E-state index in [0.29, 0.717) is 13.1 Å². The molecule has 3 rings (SSSR count). The van der Waals surface area contributed by atoms with Crippen LogP contribution < -0.4 is 5.32 Å². The number of nitrogens with zero attached hydrogens (tertiary/aromatic N) is 1. The number of alkyl halides is 3. The van der Waals surface area contributed by atoms with Crippen LogP contribution in [0, 0.1) is 6.92 Å². The zero-order valence-electron chi connectivity index (χ0n) is 14.3. The standard InChI is InChI=1S/C17H17F3N2O4S/c1-11-15(27(24,25)22-7-2-3-8-22)10-14(26-11)16(23)21-13-6-4-5-12(9-13)17(18,19)20/h4-6,9-10H,2-3,7-8H2,1H3,(H,21,23). The van der Waals surface area contributed by atoms with Crippen LogP contribution in [0.5, 0.6) is 0 Å². The van der Waals surface area contributed by atoms with Gasteiger partial charge in [0.2, 0.25) is 10.0 Å². The van der Waals surface area contributed by atoms with Gasteiger partial charge in [-0.3, -0.25) is 4.79 Å². The number of sulfonamides is 1. The van der Waals surface area contributed by atoms with E-state index in [9.17, 15) is 26.4 Å². The average Bonchev–Trinajstić information content (AvgIpc) is 3.24. The predicted octanol–water partition coefficient (Wildman–Crippen LogP) is 3.64. The molecule has 0 saturated carbocycles. The van der Waals surface area contributed by atoms with Gasteiger partial charge in [0.1, 0.15) is 10.7 Å². The summed E-state index contributed by atoms with van der Waals surface area (Å²) in [5.41, 5.74) is -0.985. The lowest BCUT2D eigenvalue weighted by Gasteiger charge is -2.14. The lowest BCUT2D eigenvalue weighted by Crippen LogP contribution is -2.28. The third kappa shape index (κ3) is 4.01. The Morgan fingerprint density at radius 1 is 1.19 bits per heavy atom. The number of carbonyl (C=O) groups is 1. The minimum atomic E-state index is -4.54. The monoisotopic (exact) mass is 402 g/mol. The fraction of sp³-hybridized carbons (Fsp3) is 0.353.